The van der Waals surface area contributed by atoms with Gasteiger partial charge in [-0.1, -0.05) is 41.7 Å². The molecule has 0 spiro atoms. The van der Waals surface area contributed by atoms with Gasteiger partial charge in [-0.2, -0.15) is 0 Å². The van der Waals surface area contributed by atoms with Gasteiger partial charge in [-0.3, -0.25) is 0 Å². The average Bonchev–Trinajstić information content (AvgIpc) is 2.76. The van der Waals surface area contributed by atoms with Crippen LogP contribution in [0.2, 0.25) is 0 Å². The molecule has 0 aliphatic carbocycles. The summed E-state index contributed by atoms with van der Waals surface area (Å²) in [6.07, 6.45) is 2.23. The number of ether oxygens (including phenoxy) is 2. The summed E-state index contributed by atoms with van der Waals surface area (Å²) >= 11 is 0. The Morgan fingerprint density at radius 3 is 2.45 bits per heavy atom. The molecule has 180 valence electrons. The first-order valence-electron chi connectivity index (χ1n) is 11.3. The van der Waals surface area contributed by atoms with E-state index < -0.39 is 30.7 Å². The first-order valence-corrected chi connectivity index (χ1v) is 11.3. The highest BCUT2D eigenvalue weighted by Gasteiger charge is 2.43. The van der Waals surface area contributed by atoms with Gasteiger partial charge in [0.25, 0.3) is 0 Å². The topological polar surface area (TPSA) is 99.4 Å². The molecule has 0 bridgehead atoms. The number of aromatic hydroxyl groups is 1. The van der Waals surface area contributed by atoms with Crippen LogP contribution in [-0.2, 0) is 4.74 Å². The SMILES string of the molecule is C=C(C#Cc1cc(O[C@@H]2O[C@@H](C)[C@H](O)[C@@H](O)[C@H]2O)ccc1O)CC/C=C(\C)CCC=C(C)C. The maximum atomic E-state index is 10.1. The Hall–Kier alpha value is -2.56. The number of aliphatic hydroxyl groups excluding tert-OH is 3. The molecule has 0 unspecified atom stereocenters. The van der Waals surface area contributed by atoms with E-state index in [1.165, 1.54) is 29.3 Å². The van der Waals surface area contributed by atoms with Gasteiger partial charge in [-0.05, 0) is 77.2 Å². The molecule has 1 aromatic carbocycles. The molecule has 1 heterocycles. The third kappa shape index (κ3) is 8.38. The second kappa shape index (κ2) is 12.6. The quantitative estimate of drug-likeness (QED) is 0.349. The van der Waals surface area contributed by atoms with Gasteiger partial charge in [0.05, 0.1) is 11.7 Å². The fraction of sp³-hybridized carbons (Fsp3) is 0.481. The largest absolute Gasteiger partial charge is 0.507 e. The van der Waals surface area contributed by atoms with Crippen LogP contribution in [0.1, 0.15) is 58.9 Å². The van der Waals surface area contributed by atoms with E-state index in [4.69, 9.17) is 9.47 Å². The maximum absolute atomic E-state index is 10.1. The van der Waals surface area contributed by atoms with Crippen LogP contribution in [0.3, 0.4) is 0 Å². The summed E-state index contributed by atoms with van der Waals surface area (Å²) in [5.41, 5.74) is 3.78. The lowest BCUT2D eigenvalue weighted by Gasteiger charge is -2.38. The van der Waals surface area contributed by atoms with Gasteiger partial charge in [0, 0.05) is 0 Å². The lowest BCUT2D eigenvalue weighted by atomic mass is 10.00. The minimum Gasteiger partial charge on any atom is -0.507 e. The highest BCUT2D eigenvalue weighted by molar-refractivity contribution is 5.51. The van der Waals surface area contributed by atoms with Crippen LogP contribution in [0, 0.1) is 11.8 Å². The molecule has 5 atom stereocenters. The summed E-state index contributed by atoms with van der Waals surface area (Å²) in [6.45, 7) is 11.9. The first kappa shape index (κ1) is 26.7. The van der Waals surface area contributed by atoms with Crippen molar-refractivity contribution in [3.63, 3.8) is 0 Å². The Morgan fingerprint density at radius 1 is 1.06 bits per heavy atom. The second-order valence-corrected chi connectivity index (χ2v) is 8.74. The first-order chi connectivity index (χ1) is 15.6. The van der Waals surface area contributed by atoms with Gasteiger partial charge < -0.3 is 29.9 Å². The molecular formula is C27H36O6. The molecule has 0 aromatic heterocycles. The van der Waals surface area contributed by atoms with E-state index in [1.807, 2.05) is 0 Å². The molecule has 1 saturated heterocycles. The zero-order chi connectivity index (χ0) is 24.5. The Kier molecular flexibility index (Phi) is 10.2. The van der Waals surface area contributed by atoms with E-state index in [2.05, 4.69) is 51.3 Å². The molecule has 6 nitrogen and oxygen atoms in total. The van der Waals surface area contributed by atoms with Crippen molar-refractivity contribution in [3.8, 4) is 23.3 Å². The van der Waals surface area contributed by atoms with Crippen molar-refractivity contribution in [1.29, 1.82) is 0 Å². The van der Waals surface area contributed by atoms with Crippen molar-refractivity contribution in [3.05, 3.63) is 59.2 Å². The fourth-order valence-electron chi connectivity index (χ4n) is 3.34. The summed E-state index contributed by atoms with van der Waals surface area (Å²) in [5.74, 6) is 6.18. The highest BCUT2D eigenvalue weighted by Crippen LogP contribution is 2.27. The predicted molar refractivity (Wildman–Crippen MR) is 129 cm³/mol. The molecule has 0 radical (unpaired) electrons. The number of rotatable bonds is 8. The van der Waals surface area contributed by atoms with Gasteiger partial charge in [0.2, 0.25) is 6.29 Å². The zero-order valence-electron chi connectivity index (χ0n) is 19.9. The standard InChI is InChI=1S/C27H36O6/c1-17(2)8-6-9-18(3)10-7-11-19(4)12-13-21-16-22(14-15-23(21)28)33-27-26(31)25(30)24(29)20(5)32-27/h8,10,14-16,20,24-31H,4,6-7,9,11H2,1-3,5H3/b18-10+/t20-,24-,25+,26+,27-/m0/s1. The molecule has 0 amide bonds. The average molecular weight is 457 g/mol. The van der Waals surface area contributed by atoms with E-state index in [9.17, 15) is 20.4 Å². The Morgan fingerprint density at radius 2 is 1.76 bits per heavy atom. The van der Waals surface area contributed by atoms with E-state index in [0.29, 0.717) is 11.3 Å². The van der Waals surface area contributed by atoms with Crippen molar-refractivity contribution < 1.29 is 29.9 Å². The second-order valence-electron chi connectivity index (χ2n) is 8.74. The molecule has 2 rings (SSSR count). The lowest BCUT2D eigenvalue weighted by Crippen LogP contribution is -2.58. The minimum atomic E-state index is -1.42. The van der Waals surface area contributed by atoms with Crippen LogP contribution in [0.5, 0.6) is 11.5 Å². The van der Waals surface area contributed by atoms with Crippen molar-refractivity contribution >= 4 is 0 Å². The van der Waals surface area contributed by atoms with Crippen LogP contribution in [0.4, 0.5) is 0 Å². The monoisotopic (exact) mass is 456 g/mol. The molecule has 1 aromatic rings. The van der Waals surface area contributed by atoms with Crippen molar-refractivity contribution in [2.75, 3.05) is 0 Å². The molecule has 1 fully saturated rings. The van der Waals surface area contributed by atoms with Crippen LogP contribution in [0.15, 0.2) is 53.6 Å². The predicted octanol–water partition coefficient (Wildman–Crippen LogP) is 3.98. The number of allylic oxidation sites excluding steroid dienone is 5. The molecule has 0 saturated carbocycles. The third-order valence-electron chi connectivity index (χ3n) is 5.43. The maximum Gasteiger partial charge on any atom is 0.229 e. The van der Waals surface area contributed by atoms with Gasteiger partial charge in [0.15, 0.2) is 0 Å². The van der Waals surface area contributed by atoms with Crippen LogP contribution in [0.25, 0.3) is 0 Å². The number of hydrogen-bond acceptors (Lipinski definition) is 6. The smallest absolute Gasteiger partial charge is 0.229 e. The molecule has 33 heavy (non-hydrogen) atoms. The number of hydrogen-bond donors (Lipinski definition) is 4. The lowest BCUT2D eigenvalue weighted by molar-refractivity contribution is -0.268. The van der Waals surface area contributed by atoms with E-state index in [1.54, 1.807) is 6.92 Å². The van der Waals surface area contributed by atoms with Crippen molar-refractivity contribution in [1.82, 2.24) is 0 Å². The van der Waals surface area contributed by atoms with Gasteiger partial charge in [-0.15, -0.1) is 0 Å². The summed E-state index contributed by atoms with van der Waals surface area (Å²) in [4.78, 5) is 0. The normalized spacial score (nSPS) is 25.1. The van der Waals surface area contributed by atoms with E-state index in [0.717, 1.165) is 31.3 Å². The van der Waals surface area contributed by atoms with Crippen molar-refractivity contribution in [2.45, 2.75) is 84.1 Å². The zero-order valence-corrected chi connectivity index (χ0v) is 19.9. The molecule has 4 N–H and O–H groups in total. The summed E-state index contributed by atoms with van der Waals surface area (Å²) in [7, 11) is 0. The Bertz CT molecular complexity index is 932. The number of benzene rings is 1. The Balaban J connectivity index is 1.96. The van der Waals surface area contributed by atoms with E-state index >= 15 is 0 Å². The van der Waals surface area contributed by atoms with Gasteiger partial charge >= 0.3 is 0 Å². The van der Waals surface area contributed by atoms with Gasteiger partial charge in [-0.25, -0.2) is 0 Å². The number of phenols is 1. The summed E-state index contributed by atoms with van der Waals surface area (Å²) in [5, 5.41) is 40.0. The van der Waals surface area contributed by atoms with Gasteiger partial charge in [0.1, 0.15) is 29.8 Å². The van der Waals surface area contributed by atoms with Crippen molar-refractivity contribution in [2.24, 2.45) is 0 Å². The molecule has 1 aliphatic heterocycles. The van der Waals surface area contributed by atoms with Crippen LogP contribution >= 0.6 is 0 Å². The van der Waals surface area contributed by atoms with Crippen LogP contribution < -0.4 is 4.74 Å². The van der Waals surface area contributed by atoms with Crippen LogP contribution in [-0.4, -0.2) is 51.1 Å². The molecule has 6 heteroatoms. The molecular weight excluding hydrogens is 420 g/mol. The molecule has 1 aliphatic rings. The van der Waals surface area contributed by atoms with E-state index in [-0.39, 0.29) is 5.75 Å². The fourth-order valence-corrected chi connectivity index (χ4v) is 3.34. The number of phenolic OH excluding ortho intramolecular Hbond substituents is 1. The summed E-state index contributed by atoms with van der Waals surface area (Å²) in [6, 6.07) is 4.47. The number of aliphatic hydroxyl groups is 3. The highest BCUT2D eigenvalue weighted by atomic mass is 16.7. The Labute approximate surface area is 196 Å². The summed E-state index contributed by atoms with van der Waals surface area (Å²) < 4.78 is 11.1. The minimum absolute atomic E-state index is 0.00778. The third-order valence-corrected chi connectivity index (χ3v) is 5.43.